The largest absolute Gasteiger partial charge is 0.450 e. The van der Waals surface area contributed by atoms with Crippen molar-refractivity contribution in [2.75, 3.05) is 32.8 Å². The highest BCUT2D eigenvalue weighted by Crippen LogP contribution is 2.24. The molecule has 1 fully saturated rings. The van der Waals surface area contributed by atoms with Gasteiger partial charge in [-0.05, 0) is 19.1 Å². The number of hydrogen-bond donors (Lipinski definition) is 0. The zero-order chi connectivity index (χ0) is 20.1. The van der Waals surface area contributed by atoms with Crippen LogP contribution in [0.15, 0.2) is 41.2 Å². The normalized spacial score (nSPS) is 14.1. The van der Waals surface area contributed by atoms with E-state index < -0.39 is 0 Å². The van der Waals surface area contributed by atoms with Crippen LogP contribution in [0.5, 0.6) is 0 Å². The van der Waals surface area contributed by atoms with E-state index in [-0.39, 0.29) is 24.1 Å². The highest BCUT2D eigenvalue weighted by Gasteiger charge is 2.25. The van der Waals surface area contributed by atoms with Crippen molar-refractivity contribution in [1.29, 1.82) is 0 Å². The zero-order valence-electron chi connectivity index (χ0n) is 15.5. The maximum Gasteiger partial charge on any atom is 0.409 e. The SMILES string of the molecule is CCOC(=O)N1CCN(C(=O)Cn2nc(-c3ccccc3Cl)ccc2=O)CC1. The molecule has 1 aliphatic rings. The minimum atomic E-state index is -0.375. The number of halogens is 1. The van der Waals surface area contributed by atoms with E-state index in [1.807, 2.05) is 6.07 Å². The van der Waals surface area contributed by atoms with Crippen molar-refractivity contribution >= 4 is 23.6 Å². The fourth-order valence-electron chi connectivity index (χ4n) is 2.96. The van der Waals surface area contributed by atoms with E-state index in [1.54, 1.807) is 41.0 Å². The number of hydrogen-bond acceptors (Lipinski definition) is 5. The van der Waals surface area contributed by atoms with E-state index in [0.29, 0.717) is 49.1 Å². The number of benzene rings is 1. The molecule has 3 rings (SSSR count). The molecule has 0 atom stereocenters. The molecule has 1 aromatic heterocycles. The molecule has 2 aromatic rings. The highest BCUT2D eigenvalue weighted by atomic mass is 35.5. The second-order valence-electron chi connectivity index (χ2n) is 6.26. The molecular formula is C19H21ClN4O4. The van der Waals surface area contributed by atoms with E-state index in [2.05, 4.69) is 5.10 Å². The molecule has 0 radical (unpaired) electrons. The zero-order valence-corrected chi connectivity index (χ0v) is 16.3. The lowest BCUT2D eigenvalue weighted by Crippen LogP contribution is -2.51. The lowest BCUT2D eigenvalue weighted by atomic mass is 10.1. The van der Waals surface area contributed by atoms with Crippen molar-refractivity contribution in [3.8, 4) is 11.3 Å². The predicted octanol–water partition coefficient (Wildman–Crippen LogP) is 1.86. The van der Waals surface area contributed by atoms with E-state index >= 15 is 0 Å². The summed E-state index contributed by atoms with van der Waals surface area (Å²) in [7, 11) is 0. The summed E-state index contributed by atoms with van der Waals surface area (Å²) in [4.78, 5) is 39.7. The molecule has 0 N–H and O–H groups in total. The predicted molar refractivity (Wildman–Crippen MR) is 104 cm³/mol. The van der Waals surface area contributed by atoms with Crippen LogP contribution in [0.25, 0.3) is 11.3 Å². The Hall–Kier alpha value is -2.87. The first kappa shape index (κ1) is 19.9. The third-order valence-electron chi connectivity index (χ3n) is 4.46. The van der Waals surface area contributed by atoms with Crippen LogP contribution >= 0.6 is 11.6 Å². The number of carbonyl (C=O) groups excluding carboxylic acids is 2. The fourth-order valence-corrected chi connectivity index (χ4v) is 3.19. The van der Waals surface area contributed by atoms with Gasteiger partial charge in [-0.2, -0.15) is 5.10 Å². The second-order valence-corrected chi connectivity index (χ2v) is 6.67. The van der Waals surface area contributed by atoms with Gasteiger partial charge in [-0.15, -0.1) is 0 Å². The Morgan fingerprint density at radius 1 is 1.07 bits per heavy atom. The maximum absolute atomic E-state index is 12.6. The Labute approximate surface area is 167 Å². The number of carbonyl (C=O) groups is 2. The van der Waals surface area contributed by atoms with Crippen LogP contribution in [0, 0.1) is 0 Å². The van der Waals surface area contributed by atoms with Crippen molar-refractivity contribution in [2.45, 2.75) is 13.5 Å². The van der Waals surface area contributed by atoms with Gasteiger partial charge in [-0.3, -0.25) is 9.59 Å². The second kappa shape index (κ2) is 8.88. The number of amides is 2. The van der Waals surface area contributed by atoms with Crippen LogP contribution < -0.4 is 5.56 Å². The quantitative estimate of drug-likeness (QED) is 0.776. The molecule has 28 heavy (non-hydrogen) atoms. The summed E-state index contributed by atoms with van der Waals surface area (Å²) in [6, 6.07) is 10.1. The minimum Gasteiger partial charge on any atom is -0.450 e. The number of piperazine rings is 1. The highest BCUT2D eigenvalue weighted by molar-refractivity contribution is 6.33. The lowest BCUT2D eigenvalue weighted by Gasteiger charge is -2.34. The molecule has 0 saturated carbocycles. The summed E-state index contributed by atoms with van der Waals surface area (Å²) in [6.07, 6.45) is -0.375. The smallest absolute Gasteiger partial charge is 0.409 e. The van der Waals surface area contributed by atoms with Crippen molar-refractivity contribution in [1.82, 2.24) is 19.6 Å². The van der Waals surface area contributed by atoms with Crippen LogP contribution in [-0.4, -0.2) is 64.4 Å². The molecule has 8 nitrogen and oxygen atoms in total. The van der Waals surface area contributed by atoms with Crippen LogP contribution in [0.3, 0.4) is 0 Å². The molecule has 9 heteroatoms. The molecule has 2 heterocycles. The monoisotopic (exact) mass is 404 g/mol. The Morgan fingerprint density at radius 3 is 2.43 bits per heavy atom. The van der Waals surface area contributed by atoms with Crippen LogP contribution in [0.4, 0.5) is 4.79 Å². The Balaban J connectivity index is 1.68. The molecule has 1 aliphatic heterocycles. The first-order valence-electron chi connectivity index (χ1n) is 9.02. The molecule has 1 aromatic carbocycles. The van der Waals surface area contributed by atoms with E-state index in [1.165, 1.54) is 6.07 Å². The Morgan fingerprint density at radius 2 is 1.75 bits per heavy atom. The molecule has 2 amide bonds. The maximum atomic E-state index is 12.6. The van der Waals surface area contributed by atoms with Gasteiger partial charge in [0.05, 0.1) is 17.3 Å². The van der Waals surface area contributed by atoms with E-state index in [4.69, 9.17) is 16.3 Å². The third-order valence-corrected chi connectivity index (χ3v) is 4.79. The molecular weight excluding hydrogens is 384 g/mol. The van der Waals surface area contributed by atoms with Crippen LogP contribution in [0.1, 0.15) is 6.92 Å². The Bertz CT molecular complexity index is 922. The summed E-state index contributed by atoms with van der Waals surface area (Å²) >= 11 is 6.20. The van der Waals surface area contributed by atoms with Crippen LogP contribution in [0.2, 0.25) is 5.02 Å². The topological polar surface area (TPSA) is 84.7 Å². The fraction of sp³-hybridized carbons (Fsp3) is 0.368. The summed E-state index contributed by atoms with van der Waals surface area (Å²) in [6.45, 7) is 3.45. The summed E-state index contributed by atoms with van der Waals surface area (Å²) < 4.78 is 6.11. The van der Waals surface area contributed by atoms with Crippen LogP contribution in [-0.2, 0) is 16.1 Å². The van der Waals surface area contributed by atoms with E-state index in [9.17, 15) is 14.4 Å². The van der Waals surface area contributed by atoms with Crippen molar-refractivity contribution in [3.05, 3.63) is 51.8 Å². The van der Waals surface area contributed by atoms with Gasteiger partial charge < -0.3 is 14.5 Å². The van der Waals surface area contributed by atoms with E-state index in [0.717, 1.165) is 4.68 Å². The first-order chi connectivity index (χ1) is 13.5. The van der Waals surface area contributed by atoms with Crippen molar-refractivity contribution in [2.24, 2.45) is 0 Å². The average Bonchev–Trinajstić information content (AvgIpc) is 2.70. The lowest BCUT2D eigenvalue weighted by molar-refractivity contribution is -0.133. The summed E-state index contributed by atoms with van der Waals surface area (Å²) in [5.74, 6) is -0.227. The van der Waals surface area contributed by atoms with Crippen molar-refractivity contribution in [3.63, 3.8) is 0 Å². The van der Waals surface area contributed by atoms with Gasteiger partial charge in [0, 0.05) is 37.8 Å². The van der Waals surface area contributed by atoms with Crippen molar-refractivity contribution < 1.29 is 14.3 Å². The number of aromatic nitrogens is 2. The standard InChI is InChI=1S/C19H21ClN4O4/c1-2-28-19(27)23-11-9-22(10-12-23)18(26)13-24-17(25)8-7-16(21-24)14-5-3-4-6-15(14)20/h3-8H,2,9-13H2,1H3. The molecule has 0 spiro atoms. The number of nitrogens with zero attached hydrogens (tertiary/aromatic N) is 4. The van der Waals surface area contributed by atoms with Gasteiger partial charge in [-0.1, -0.05) is 29.8 Å². The molecule has 0 unspecified atom stereocenters. The third kappa shape index (κ3) is 4.51. The van der Waals surface area contributed by atoms with Gasteiger partial charge in [-0.25, -0.2) is 9.48 Å². The minimum absolute atomic E-state index is 0.170. The van der Waals surface area contributed by atoms with Gasteiger partial charge >= 0.3 is 6.09 Å². The van der Waals surface area contributed by atoms with Gasteiger partial charge in [0.2, 0.25) is 5.91 Å². The number of rotatable bonds is 4. The molecule has 148 valence electrons. The average molecular weight is 405 g/mol. The Kier molecular flexibility index (Phi) is 6.30. The van der Waals surface area contributed by atoms with Gasteiger partial charge in [0.1, 0.15) is 6.54 Å². The molecule has 0 bridgehead atoms. The summed E-state index contributed by atoms with van der Waals surface area (Å²) in [5, 5.41) is 4.81. The molecule has 1 saturated heterocycles. The first-order valence-corrected chi connectivity index (χ1v) is 9.40. The summed E-state index contributed by atoms with van der Waals surface area (Å²) in [5.41, 5.74) is 0.841. The van der Waals surface area contributed by atoms with Gasteiger partial charge in [0.25, 0.3) is 5.56 Å². The van der Waals surface area contributed by atoms with Gasteiger partial charge in [0.15, 0.2) is 0 Å². The number of ether oxygens (including phenoxy) is 1. The molecule has 0 aliphatic carbocycles.